The number of amides is 2. The van der Waals surface area contributed by atoms with E-state index in [1.807, 2.05) is 6.92 Å². The van der Waals surface area contributed by atoms with E-state index < -0.39 is 6.04 Å². The number of nitrogens with one attached hydrogen (secondary N) is 2. The second-order valence-electron chi connectivity index (χ2n) is 5.03. The third kappa shape index (κ3) is 3.16. The maximum atomic E-state index is 12.2. The zero-order valence-corrected chi connectivity index (χ0v) is 13.6. The van der Waals surface area contributed by atoms with Crippen LogP contribution in [-0.2, 0) is 16.0 Å². The second kappa shape index (κ2) is 6.17. The zero-order chi connectivity index (χ0) is 16.6. The number of benzene rings is 1. The van der Waals surface area contributed by atoms with Gasteiger partial charge in [-0.2, -0.15) is 10.1 Å². The summed E-state index contributed by atoms with van der Waals surface area (Å²) in [6.07, 6.45) is 0.571. The van der Waals surface area contributed by atoms with E-state index in [2.05, 4.69) is 20.7 Å². The number of nitrogens with zero attached hydrogens (tertiary/aromatic N) is 3. The van der Waals surface area contributed by atoms with Crippen LogP contribution in [0.5, 0.6) is 0 Å². The molecule has 1 atom stereocenters. The number of rotatable bonds is 4. The summed E-state index contributed by atoms with van der Waals surface area (Å²) in [5.74, 6) is 0.305. The molecule has 0 aliphatic carbocycles. The highest BCUT2D eigenvalue weighted by Gasteiger charge is 2.34. The molecular formula is C14H13Cl2N5O2. The van der Waals surface area contributed by atoms with Gasteiger partial charge in [-0.05, 0) is 18.2 Å². The average molecular weight is 354 g/mol. The smallest absolute Gasteiger partial charge is 0.252 e. The largest absolute Gasteiger partial charge is 0.325 e. The number of hydrogen-bond acceptors (Lipinski definition) is 4. The Hall–Kier alpha value is -2.12. The molecule has 9 heteroatoms. The normalized spacial score (nSPS) is 16.1. The van der Waals surface area contributed by atoms with Crippen LogP contribution in [-0.4, -0.2) is 26.6 Å². The Labute approximate surface area is 142 Å². The number of hydrogen-bond donors (Lipinski definition) is 2. The molecule has 1 aliphatic rings. The van der Waals surface area contributed by atoms with Gasteiger partial charge in [0.25, 0.3) is 5.91 Å². The molecule has 0 saturated heterocycles. The van der Waals surface area contributed by atoms with Gasteiger partial charge >= 0.3 is 0 Å². The van der Waals surface area contributed by atoms with Crippen LogP contribution in [0.2, 0.25) is 10.0 Å². The predicted octanol–water partition coefficient (Wildman–Crippen LogP) is 2.67. The summed E-state index contributed by atoms with van der Waals surface area (Å²) in [6.45, 7) is 1.91. The first kappa shape index (κ1) is 15.8. The predicted molar refractivity (Wildman–Crippen MR) is 86.8 cm³/mol. The molecular weight excluding hydrogens is 341 g/mol. The summed E-state index contributed by atoms with van der Waals surface area (Å²) in [5, 5.41) is 10.3. The molecule has 0 unspecified atom stereocenters. The standard InChI is InChI=1S/C14H13Cl2N5O2/c1-2-11-18-14-19-13(23)10(21(14)20-11)6-12(22)17-9-5-7(15)3-4-8(9)16/h3-5,10H,2,6H2,1H3,(H,17,22)(H,18,19,20,23)/t10-/m1/s1. The van der Waals surface area contributed by atoms with Gasteiger partial charge in [0.15, 0.2) is 5.82 Å². The van der Waals surface area contributed by atoms with Crippen LogP contribution in [0.15, 0.2) is 18.2 Å². The molecule has 2 aromatic rings. The fourth-order valence-corrected chi connectivity index (χ4v) is 2.61. The molecule has 0 saturated carbocycles. The SMILES string of the molecule is CCc1nc2n(n1)[C@H](CC(=O)Nc1cc(Cl)ccc1Cl)C(=O)N2. The van der Waals surface area contributed by atoms with Crippen LogP contribution < -0.4 is 10.6 Å². The highest BCUT2D eigenvalue weighted by molar-refractivity contribution is 6.35. The average Bonchev–Trinajstić information content (AvgIpc) is 3.02. The van der Waals surface area contributed by atoms with Gasteiger partial charge in [0.05, 0.1) is 17.1 Å². The van der Waals surface area contributed by atoms with E-state index in [-0.39, 0.29) is 18.2 Å². The lowest BCUT2D eigenvalue weighted by atomic mass is 10.2. The first-order chi connectivity index (χ1) is 11.0. The molecule has 1 aromatic heterocycles. The molecule has 23 heavy (non-hydrogen) atoms. The van der Waals surface area contributed by atoms with Gasteiger partial charge in [0.2, 0.25) is 11.9 Å². The molecule has 2 heterocycles. The number of carbonyl (C=O) groups excluding carboxylic acids is 2. The van der Waals surface area contributed by atoms with Crippen LogP contribution in [0.25, 0.3) is 0 Å². The molecule has 7 nitrogen and oxygen atoms in total. The monoisotopic (exact) mass is 353 g/mol. The van der Waals surface area contributed by atoms with Crippen molar-refractivity contribution in [3.05, 3.63) is 34.1 Å². The fraction of sp³-hybridized carbons (Fsp3) is 0.286. The first-order valence-electron chi connectivity index (χ1n) is 6.99. The molecule has 2 amide bonds. The Morgan fingerprint density at radius 3 is 2.96 bits per heavy atom. The summed E-state index contributed by atoms with van der Waals surface area (Å²) in [6, 6.07) is 4.03. The van der Waals surface area contributed by atoms with Crippen molar-refractivity contribution in [2.45, 2.75) is 25.8 Å². The van der Waals surface area contributed by atoms with Crippen LogP contribution in [0.4, 0.5) is 11.6 Å². The maximum Gasteiger partial charge on any atom is 0.252 e. The van der Waals surface area contributed by atoms with Gasteiger partial charge in [-0.25, -0.2) is 4.68 Å². The minimum Gasteiger partial charge on any atom is -0.325 e. The third-order valence-corrected chi connectivity index (χ3v) is 3.97. The number of halogens is 2. The van der Waals surface area contributed by atoms with Gasteiger partial charge in [-0.1, -0.05) is 30.1 Å². The summed E-state index contributed by atoms with van der Waals surface area (Å²) in [5.41, 5.74) is 0.399. The molecule has 2 N–H and O–H groups in total. The Kier molecular flexibility index (Phi) is 4.23. The van der Waals surface area contributed by atoms with Crippen LogP contribution in [0.3, 0.4) is 0 Å². The zero-order valence-electron chi connectivity index (χ0n) is 12.1. The molecule has 0 spiro atoms. The van der Waals surface area contributed by atoms with E-state index in [1.54, 1.807) is 18.2 Å². The molecule has 0 radical (unpaired) electrons. The van der Waals surface area contributed by atoms with E-state index >= 15 is 0 Å². The number of anilines is 2. The Morgan fingerprint density at radius 1 is 1.43 bits per heavy atom. The molecule has 0 bridgehead atoms. The van der Waals surface area contributed by atoms with Crippen LogP contribution >= 0.6 is 23.2 Å². The molecule has 120 valence electrons. The van der Waals surface area contributed by atoms with Gasteiger partial charge in [-0.15, -0.1) is 0 Å². The number of aromatic nitrogens is 3. The highest BCUT2D eigenvalue weighted by Crippen LogP contribution is 2.28. The summed E-state index contributed by atoms with van der Waals surface area (Å²) in [4.78, 5) is 28.3. The van der Waals surface area contributed by atoms with Gasteiger partial charge in [0.1, 0.15) is 6.04 Å². The van der Waals surface area contributed by atoms with Crippen molar-refractivity contribution in [2.75, 3.05) is 10.6 Å². The number of aryl methyl sites for hydroxylation is 1. The maximum absolute atomic E-state index is 12.2. The van der Waals surface area contributed by atoms with E-state index in [1.165, 1.54) is 4.68 Å². The van der Waals surface area contributed by atoms with Crippen molar-refractivity contribution in [3.63, 3.8) is 0 Å². The topological polar surface area (TPSA) is 88.9 Å². The summed E-state index contributed by atoms with van der Waals surface area (Å²) >= 11 is 11.9. The van der Waals surface area contributed by atoms with Gasteiger partial charge in [0, 0.05) is 11.4 Å². The van der Waals surface area contributed by atoms with Crippen LogP contribution in [0.1, 0.15) is 25.2 Å². The minimum atomic E-state index is -0.726. The summed E-state index contributed by atoms with van der Waals surface area (Å²) in [7, 11) is 0. The first-order valence-corrected chi connectivity index (χ1v) is 7.74. The van der Waals surface area contributed by atoms with Crippen molar-refractivity contribution in [2.24, 2.45) is 0 Å². The van der Waals surface area contributed by atoms with E-state index in [0.717, 1.165) is 0 Å². The third-order valence-electron chi connectivity index (χ3n) is 3.41. The van der Waals surface area contributed by atoms with Crippen molar-refractivity contribution in [3.8, 4) is 0 Å². The minimum absolute atomic E-state index is 0.0752. The molecule has 1 aliphatic heterocycles. The van der Waals surface area contributed by atoms with E-state index in [0.29, 0.717) is 33.9 Å². The molecule has 0 fully saturated rings. The van der Waals surface area contributed by atoms with Crippen LogP contribution in [0, 0.1) is 0 Å². The Bertz CT molecular complexity index is 789. The Balaban J connectivity index is 1.74. The quantitative estimate of drug-likeness (QED) is 0.884. The number of carbonyl (C=O) groups is 2. The Morgan fingerprint density at radius 2 is 2.22 bits per heavy atom. The van der Waals surface area contributed by atoms with Crippen molar-refractivity contribution in [1.29, 1.82) is 0 Å². The van der Waals surface area contributed by atoms with Gasteiger partial charge in [-0.3, -0.25) is 14.9 Å². The molecule has 3 rings (SSSR count). The van der Waals surface area contributed by atoms with Crippen molar-refractivity contribution < 1.29 is 9.59 Å². The van der Waals surface area contributed by atoms with Crippen molar-refractivity contribution in [1.82, 2.24) is 14.8 Å². The van der Waals surface area contributed by atoms with Crippen molar-refractivity contribution >= 4 is 46.7 Å². The number of fused-ring (bicyclic) bond motifs is 1. The molecule has 1 aromatic carbocycles. The highest BCUT2D eigenvalue weighted by atomic mass is 35.5. The lowest BCUT2D eigenvalue weighted by Crippen LogP contribution is -2.24. The fourth-order valence-electron chi connectivity index (χ4n) is 2.27. The van der Waals surface area contributed by atoms with Gasteiger partial charge < -0.3 is 5.32 Å². The summed E-state index contributed by atoms with van der Waals surface area (Å²) < 4.78 is 1.44. The van der Waals surface area contributed by atoms with E-state index in [9.17, 15) is 9.59 Å². The lowest BCUT2D eigenvalue weighted by molar-refractivity contribution is -0.123. The second-order valence-corrected chi connectivity index (χ2v) is 5.87. The van der Waals surface area contributed by atoms with E-state index in [4.69, 9.17) is 23.2 Å². The lowest BCUT2D eigenvalue weighted by Gasteiger charge is -2.11.